The Labute approximate surface area is 264 Å². The molecule has 258 valence electrons. The largest absolute Gasteiger partial charge is 0.394 e. The van der Waals surface area contributed by atoms with Crippen LogP contribution in [0.25, 0.3) is 0 Å². The van der Waals surface area contributed by atoms with Gasteiger partial charge < -0.3 is 43.0 Å². The van der Waals surface area contributed by atoms with Crippen LogP contribution in [0, 0.1) is 0 Å². The van der Waals surface area contributed by atoms with E-state index in [9.17, 15) is 0 Å². The quantitative estimate of drug-likeness (QED) is 0.0642. The van der Waals surface area contributed by atoms with Crippen LogP contribution in [0.5, 0.6) is 0 Å². The van der Waals surface area contributed by atoms with Gasteiger partial charge in [-0.1, -0.05) is 76.9 Å². The molecule has 0 heterocycles. The Hall–Kier alpha value is -0.620. The number of aliphatic hydroxyl groups is 1. The molecule has 0 saturated carbocycles. The lowest BCUT2D eigenvalue weighted by Gasteiger charge is -2.08. The average Bonchev–Trinajstić information content (AvgIpc) is 3.02. The summed E-state index contributed by atoms with van der Waals surface area (Å²) in [6.07, 6.45) is 23.3. The van der Waals surface area contributed by atoms with E-state index in [1.165, 1.54) is 83.5 Å². The van der Waals surface area contributed by atoms with Gasteiger partial charge in [-0.25, -0.2) is 0 Å². The molecule has 0 fully saturated rings. The number of allylic oxidation sites excluding steroid dienone is 2. The van der Waals surface area contributed by atoms with E-state index in [1.807, 2.05) is 0 Å². The van der Waals surface area contributed by atoms with Crippen molar-refractivity contribution in [2.24, 2.45) is 0 Å². The van der Waals surface area contributed by atoms with E-state index < -0.39 is 0 Å². The fourth-order valence-corrected chi connectivity index (χ4v) is 4.16. The maximum atomic E-state index is 8.58. The lowest BCUT2D eigenvalue weighted by Crippen LogP contribution is -2.15. The Bertz CT molecular complexity index is 508. The highest BCUT2D eigenvalue weighted by Crippen LogP contribution is 2.10. The lowest BCUT2D eigenvalue weighted by molar-refractivity contribution is -0.0238. The highest BCUT2D eigenvalue weighted by molar-refractivity contribution is 4.81. The molecule has 0 aliphatic heterocycles. The number of rotatable bonds is 39. The highest BCUT2D eigenvalue weighted by atomic mass is 16.6. The topological polar surface area (TPSA) is 94.1 Å². The number of hydrogen-bond donors (Lipinski definition) is 1. The van der Waals surface area contributed by atoms with E-state index >= 15 is 0 Å². The fourth-order valence-electron chi connectivity index (χ4n) is 4.16. The second kappa shape index (κ2) is 41.4. The van der Waals surface area contributed by atoms with Crippen LogP contribution >= 0.6 is 0 Å². The number of hydrogen-bond acceptors (Lipinski definition) is 9. The third kappa shape index (κ3) is 41.4. The summed E-state index contributed by atoms with van der Waals surface area (Å²) in [6, 6.07) is 0. The number of aliphatic hydroxyl groups excluding tert-OH is 1. The Balaban J connectivity index is 3.06. The Morgan fingerprint density at radius 2 is 0.605 bits per heavy atom. The first kappa shape index (κ1) is 42.4. The summed E-state index contributed by atoms with van der Waals surface area (Å²) in [5, 5.41) is 8.58. The van der Waals surface area contributed by atoms with Gasteiger partial charge in [0.25, 0.3) is 0 Å². The summed E-state index contributed by atoms with van der Waals surface area (Å²) >= 11 is 0. The van der Waals surface area contributed by atoms with Crippen molar-refractivity contribution in [1.29, 1.82) is 0 Å². The van der Waals surface area contributed by atoms with Gasteiger partial charge in [-0.2, -0.15) is 0 Å². The van der Waals surface area contributed by atoms with Gasteiger partial charge in [0, 0.05) is 6.61 Å². The fraction of sp³-hybridized carbons (Fsp3) is 0.941. The molecule has 0 aliphatic rings. The molecule has 0 aromatic carbocycles. The molecule has 0 radical (unpaired) electrons. The average molecular weight is 621 g/mol. The molecule has 1 N–H and O–H groups in total. The minimum atomic E-state index is 0.0344. The molecule has 0 atom stereocenters. The molecule has 0 aromatic rings. The summed E-state index contributed by atoms with van der Waals surface area (Å²) in [7, 11) is 0. The number of ether oxygens (including phenoxy) is 8. The maximum absolute atomic E-state index is 8.58. The second-order valence-electron chi connectivity index (χ2n) is 10.6. The number of unbranched alkanes of at least 4 members (excludes halogenated alkanes) is 12. The maximum Gasteiger partial charge on any atom is 0.0701 e. The van der Waals surface area contributed by atoms with Crippen molar-refractivity contribution in [1.82, 2.24) is 0 Å². The SMILES string of the molecule is CCCCCCCCC=CCCCCCCCCOCCOCCOCCOCCOCCOCCOCCOCCO. The second-order valence-corrected chi connectivity index (χ2v) is 10.6. The van der Waals surface area contributed by atoms with E-state index in [-0.39, 0.29) is 6.61 Å². The molecule has 0 amide bonds. The summed E-state index contributed by atoms with van der Waals surface area (Å²) in [4.78, 5) is 0. The van der Waals surface area contributed by atoms with Crippen molar-refractivity contribution in [3.63, 3.8) is 0 Å². The van der Waals surface area contributed by atoms with Crippen molar-refractivity contribution >= 4 is 0 Å². The van der Waals surface area contributed by atoms with Gasteiger partial charge in [-0.15, -0.1) is 0 Å². The van der Waals surface area contributed by atoms with Gasteiger partial charge in [-0.05, 0) is 32.1 Å². The van der Waals surface area contributed by atoms with Crippen LogP contribution < -0.4 is 0 Å². The van der Waals surface area contributed by atoms with Gasteiger partial charge >= 0.3 is 0 Å². The van der Waals surface area contributed by atoms with Gasteiger partial charge in [0.2, 0.25) is 0 Å². The smallest absolute Gasteiger partial charge is 0.0701 e. The zero-order valence-electron chi connectivity index (χ0n) is 27.8. The van der Waals surface area contributed by atoms with Gasteiger partial charge in [0.1, 0.15) is 0 Å². The minimum Gasteiger partial charge on any atom is -0.394 e. The Kier molecular flexibility index (Phi) is 40.8. The molecule has 0 aliphatic carbocycles. The molecule has 9 heteroatoms. The van der Waals surface area contributed by atoms with Crippen LogP contribution in [0.15, 0.2) is 12.2 Å². The first-order valence-electron chi connectivity index (χ1n) is 17.3. The molecule has 43 heavy (non-hydrogen) atoms. The zero-order chi connectivity index (χ0) is 31.0. The molecule has 0 bridgehead atoms. The van der Waals surface area contributed by atoms with E-state index in [0.717, 1.165) is 13.0 Å². The van der Waals surface area contributed by atoms with E-state index in [4.69, 9.17) is 43.0 Å². The standard InChI is InChI=1S/C34H68O9/c1-2-3-4-5-6-7-8-9-10-11-12-13-14-15-16-17-19-36-21-23-38-25-27-40-29-31-42-33-34-43-32-30-41-28-26-39-24-22-37-20-18-35/h9-10,35H,2-8,11-34H2,1H3. The Morgan fingerprint density at radius 3 is 0.953 bits per heavy atom. The van der Waals surface area contributed by atoms with Crippen LogP contribution in [0.1, 0.15) is 96.8 Å². The highest BCUT2D eigenvalue weighted by Gasteiger charge is 1.96. The molecule has 0 saturated heterocycles. The van der Waals surface area contributed by atoms with Crippen LogP contribution in [-0.2, 0) is 37.9 Å². The van der Waals surface area contributed by atoms with Crippen LogP contribution in [0.4, 0.5) is 0 Å². The van der Waals surface area contributed by atoms with E-state index in [1.54, 1.807) is 0 Å². The van der Waals surface area contributed by atoms with Crippen LogP contribution in [0.3, 0.4) is 0 Å². The molecule has 0 rings (SSSR count). The lowest BCUT2D eigenvalue weighted by atomic mass is 10.1. The van der Waals surface area contributed by atoms with Crippen molar-refractivity contribution in [3.8, 4) is 0 Å². The molecule has 0 spiro atoms. The van der Waals surface area contributed by atoms with Gasteiger partial charge in [0.15, 0.2) is 0 Å². The van der Waals surface area contributed by atoms with Crippen molar-refractivity contribution < 1.29 is 43.0 Å². The third-order valence-corrected chi connectivity index (χ3v) is 6.64. The zero-order valence-corrected chi connectivity index (χ0v) is 27.8. The molecule has 9 nitrogen and oxygen atoms in total. The summed E-state index contributed by atoms with van der Waals surface area (Å²) < 4.78 is 43.5. The minimum absolute atomic E-state index is 0.0344. The predicted octanol–water partition coefficient (Wildman–Crippen LogP) is 6.15. The molecular weight excluding hydrogens is 552 g/mol. The Morgan fingerprint density at radius 1 is 0.326 bits per heavy atom. The first-order chi connectivity index (χ1) is 21.4. The van der Waals surface area contributed by atoms with E-state index in [2.05, 4.69) is 19.1 Å². The first-order valence-corrected chi connectivity index (χ1v) is 17.3. The van der Waals surface area contributed by atoms with Crippen molar-refractivity contribution in [2.75, 3.05) is 112 Å². The van der Waals surface area contributed by atoms with E-state index in [0.29, 0.717) is 99.1 Å². The van der Waals surface area contributed by atoms with Crippen LogP contribution in [-0.4, -0.2) is 117 Å². The van der Waals surface area contributed by atoms with Gasteiger partial charge in [0.05, 0.1) is 106 Å². The molecule has 0 aromatic heterocycles. The summed E-state index contributed by atoms with van der Waals surface area (Å²) in [5.41, 5.74) is 0. The third-order valence-electron chi connectivity index (χ3n) is 6.64. The summed E-state index contributed by atoms with van der Waals surface area (Å²) in [6.45, 7) is 11.1. The monoisotopic (exact) mass is 620 g/mol. The van der Waals surface area contributed by atoms with Crippen molar-refractivity contribution in [3.05, 3.63) is 12.2 Å². The predicted molar refractivity (Wildman–Crippen MR) is 173 cm³/mol. The normalized spacial score (nSPS) is 11.8. The molecular formula is C34H68O9. The van der Waals surface area contributed by atoms with Crippen LogP contribution in [0.2, 0.25) is 0 Å². The molecule has 0 unspecified atom stereocenters. The van der Waals surface area contributed by atoms with Gasteiger partial charge in [-0.3, -0.25) is 0 Å². The summed E-state index contributed by atoms with van der Waals surface area (Å²) in [5.74, 6) is 0. The van der Waals surface area contributed by atoms with Crippen molar-refractivity contribution in [2.45, 2.75) is 96.8 Å².